The van der Waals surface area contributed by atoms with Crippen molar-refractivity contribution >= 4 is 29.7 Å². The molecule has 2 nitrogen and oxygen atoms in total. The second kappa shape index (κ2) is 16.1. The second-order valence-corrected chi connectivity index (χ2v) is 10.9. The standard InChI is InChI=1S/C16H35O2PS2.Mo/c1-5-9-11-15(7-3)13-17-19(20,21)18-14-16(8-4)12-10-6-2;/h15-16H,5-14H2,1-4H3,(H,20,21);/p-1. The Morgan fingerprint density at radius 3 is 1.50 bits per heavy atom. The van der Waals surface area contributed by atoms with Crippen molar-refractivity contribution in [2.24, 2.45) is 11.8 Å². The Morgan fingerprint density at radius 2 is 1.23 bits per heavy atom. The van der Waals surface area contributed by atoms with Crippen LogP contribution in [0.5, 0.6) is 0 Å². The third kappa shape index (κ3) is 14.0. The van der Waals surface area contributed by atoms with Gasteiger partial charge in [0.2, 0.25) is 0 Å². The number of hydrogen-bond acceptors (Lipinski definition) is 4. The fraction of sp³-hybridized carbons (Fsp3) is 1.00. The molecule has 0 aromatic carbocycles. The van der Waals surface area contributed by atoms with E-state index in [-0.39, 0.29) is 21.1 Å². The van der Waals surface area contributed by atoms with Crippen LogP contribution in [0.1, 0.15) is 79.1 Å². The molecule has 0 saturated heterocycles. The minimum absolute atomic E-state index is 0. The minimum atomic E-state index is -2.47. The monoisotopic (exact) mass is 451 g/mol. The van der Waals surface area contributed by atoms with Crippen LogP contribution in [0.3, 0.4) is 0 Å². The van der Waals surface area contributed by atoms with Gasteiger partial charge in [0, 0.05) is 21.1 Å². The van der Waals surface area contributed by atoms with Crippen molar-refractivity contribution in [2.45, 2.75) is 79.1 Å². The van der Waals surface area contributed by atoms with Gasteiger partial charge in [-0.3, -0.25) is 0 Å². The molecule has 134 valence electrons. The first-order valence-corrected chi connectivity index (χ1v) is 12.2. The molecule has 0 N–H and O–H groups in total. The van der Waals surface area contributed by atoms with Crippen LogP contribution in [0.25, 0.3) is 0 Å². The van der Waals surface area contributed by atoms with Crippen molar-refractivity contribution in [3.8, 4) is 0 Å². The summed E-state index contributed by atoms with van der Waals surface area (Å²) in [5.74, 6) is 1.14. The smallest absolute Gasteiger partial charge is 0.0564 e. The van der Waals surface area contributed by atoms with Gasteiger partial charge in [0.05, 0.1) is 18.9 Å². The number of unbranched alkanes of at least 4 members (excludes halogenated alkanes) is 2. The van der Waals surface area contributed by atoms with Crippen LogP contribution in [-0.2, 0) is 54.2 Å². The van der Waals surface area contributed by atoms with Crippen LogP contribution in [0.15, 0.2) is 0 Å². The van der Waals surface area contributed by atoms with Crippen LogP contribution in [0, 0.1) is 11.8 Å². The van der Waals surface area contributed by atoms with E-state index in [9.17, 15) is 0 Å². The molecule has 0 aliphatic rings. The number of rotatable bonds is 14. The second-order valence-electron chi connectivity index (χ2n) is 5.87. The average molecular weight is 449 g/mol. The number of hydrogen-bond donors (Lipinski definition) is 0. The minimum Gasteiger partial charge on any atom is -0.691 e. The molecular weight excluding hydrogens is 415 g/mol. The van der Waals surface area contributed by atoms with Crippen molar-refractivity contribution in [3.63, 3.8) is 0 Å². The Labute approximate surface area is 163 Å². The third-order valence-electron chi connectivity index (χ3n) is 4.02. The van der Waals surface area contributed by atoms with Gasteiger partial charge in [0.1, 0.15) is 0 Å². The molecule has 0 radical (unpaired) electrons. The normalized spacial score (nSPS) is 16.6. The van der Waals surface area contributed by atoms with Gasteiger partial charge >= 0.3 is 0 Å². The van der Waals surface area contributed by atoms with Gasteiger partial charge in [-0.05, 0) is 24.7 Å². The predicted octanol–water partition coefficient (Wildman–Crippen LogP) is 6.22. The van der Waals surface area contributed by atoms with Crippen molar-refractivity contribution < 1.29 is 30.1 Å². The zero-order valence-electron chi connectivity index (χ0n) is 14.7. The molecule has 22 heavy (non-hydrogen) atoms. The van der Waals surface area contributed by atoms with Gasteiger partial charge in [-0.15, -0.1) is 0 Å². The average Bonchev–Trinajstić information content (AvgIpc) is 2.47. The van der Waals surface area contributed by atoms with E-state index in [0.717, 1.165) is 12.8 Å². The maximum atomic E-state index is 5.80. The van der Waals surface area contributed by atoms with Crippen molar-refractivity contribution in [1.29, 1.82) is 0 Å². The largest absolute Gasteiger partial charge is 0.691 e. The fourth-order valence-corrected chi connectivity index (χ4v) is 3.82. The topological polar surface area (TPSA) is 18.5 Å². The Kier molecular flexibility index (Phi) is 18.9. The first-order chi connectivity index (χ1) is 9.99. The SMILES string of the molecule is CCCCC(CC)COP(=S)([S-])OCC(CC)CCCC.[Mo]. The zero-order chi connectivity index (χ0) is 16.1. The van der Waals surface area contributed by atoms with Gasteiger partial charge in [0.25, 0.3) is 0 Å². The van der Waals surface area contributed by atoms with E-state index in [1.54, 1.807) is 0 Å². The summed E-state index contributed by atoms with van der Waals surface area (Å²) in [6.07, 6.45) is 9.60. The van der Waals surface area contributed by atoms with Crippen molar-refractivity contribution in [3.05, 3.63) is 0 Å². The van der Waals surface area contributed by atoms with Gasteiger partial charge in [0.15, 0.2) is 0 Å². The predicted molar refractivity (Wildman–Crippen MR) is 100 cm³/mol. The first kappa shape index (κ1) is 25.8. The Morgan fingerprint density at radius 1 is 0.864 bits per heavy atom. The molecule has 2 unspecified atom stereocenters. The van der Waals surface area contributed by atoms with Crippen molar-refractivity contribution in [2.75, 3.05) is 13.2 Å². The van der Waals surface area contributed by atoms with Gasteiger partial charge in [-0.2, -0.15) is 0 Å². The third-order valence-corrected chi connectivity index (χ3v) is 6.22. The molecule has 0 bridgehead atoms. The summed E-state index contributed by atoms with van der Waals surface area (Å²) >= 11 is 10.8. The molecule has 0 rings (SSSR count). The van der Waals surface area contributed by atoms with Crippen molar-refractivity contribution in [1.82, 2.24) is 0 Å². The van der Waals surface area contributed by atoms with Crippen LogP contribution in [-0.4, -0.2) is 13.2 Å². The van der Waals surface area contributed by atoms with Gasteiger partial charge in [-0.1, -0.05) is 78.0 Å². The van der Waals surface area contributed by atoms with E-state index in [1.165, 1.54) is 38.5 Å². The Hall–Kier alpha value is 1.61. The molecule has 0 fully saturated rings. The van der Waals surface area contributed by atoms with E-state index >= 15 is 0 Å². The van der Waals surface area contributed by atoms with E-state index in [1.807, 2.05) is 0 Å². The molecule has 0 amide bonds. The molecule has 2 atom stereocenters. The molecular formula is C16H34MoO2PS2-. The summed E-state index contributed by atoms with van der Waals surface area (Å²) < 4.78 is 11.6. The maximum absolute atomic E-state index is 5.80. The van der Waals surface area contributed by atoms with Crippen LogP contribution in [0.4, 0.5) is 0 Å². The molecule has 0 aromatic heterocycles. The van der Waals surface area contributed by atoms with Gasteiger partial charge < -0.3 is 21.3 Å². The van der Waals surface area contributed by atoms with E-state index in [2.05, 4.69) is 27.7 Å². The quantitative estimate of drug-likeness (QED) is 0.178. The Bertz CT molecular complexity index is 269. The molecule has 0 aliphatic heterocycles. The molecule has 0 heterocycles. The Balaban J connectivity index is 0. The zero-order valence-corrected chi connectivity index (χ0v) is 19.2. The first-order valence-electron chi connectivity index (χ1n) is 8.59. The summed E-state index contributed by atoms with van der Waals surface area (Å²) in [7, 11) is 0. The summed E-state index contributed by atoms with van der Waals surface area (Å²) in [5.41, 5.74) is -2.47. The molecule has 0 aliphatic carbocycles. The van der Waals surface area contributed by atoms with E-state index < -0.39 is 5.69 Å². The van der Waals surface area contributed by atoms with E-state index in [4.69, 9.17) is 33.1 Å². The fourth-order valence-electron chi connectivity index (χ4n) is 2.23. The van der Waals surface area contributed by atoms with Crippen LogP contribution >= 0.6 is 5.69 Å². The molecule has 0 spiro atoms. The molecule has 0 saturated carbocycles. The summed E-state index contributed by atoms with van der Waals surface area (Å²) in [6.45, 7) is 10.2. The van der Waals surface area contributed by atoms with Gasteiger partial charge in [-0.25, -0.2) is 0 Å². The van der Waals surface area contributed by atoms with E-state index in [0.29, 0.717) is 25.0 Å². The summed E-state index contributed by atoms with van der Waals surface area (Å²) in [4.78, 5) is 0. The van der Waals surface area contributed by atoms with Crippen LogP contribution < -0.4 is 0 Å². The maximum Gasteiger partial charge on any atom is 0.0564 e. The summed E-state index contributed by atoms with van der Waals surface area (Å²) in [6, 6.07) is 0. The van der Waals surface area contributed by atoms with Crippen LogP contribution in [0.2, 0.25) is 0 Å². The molecule has 0 aromatic rings. The summed E-state index contributed by atoms with van der Waals surface area (Å²) in [5, 5.41) is 0. The molecule has 6 heteroatoms.